The third-order valence-corrected chi connectivity index (χ3v) is 3.72. The molecule has 0 aromatic rings. The zero-order valence-corrected chi connectivity index (χ0v) is 12.8. The number of unbranched alkanes of at least 4 members (excludes halogenated alkanes) is 2. The molecule has 2 heteroatoms. The molecule has 0 radical (unpaired) electrons. The normalized spacial score (nSPS) is 15.2. The Morgan fingerprint density at radius 3 is 1.88 bits per heavy atom. The fourth-order valence-corrected chi connectivity index (χ4v) is 2.29. The van der Waals surface area contributed by atoms with Crippen molar-refractivity contribution < 1.29 is 0 Å². The molecule has 2 nitrogen and oxygen atoms in total. The maximum Gasteiger partial charge on any atom is 0.00474 e. The Hall–Kier alpha value is -0.0800. The van der Waals surface area contributed by atoms with Gasteiger partial charge in [0.25, 0.3) is 0 Å². The predicted molar refractivity (Wildman–Crippen MR) is 78.6 cm³/mol. The Kier molecular flexibility index (Phi) is 9.85. The molecule has 0 bridgehead atoms. The topological polar surface area (TPSA) is 15.3 Å². The summed E-state index contributed by atoms with van der Waals surface area (Å²) in [5.74, 6) is 0. The van der Waals surface area contributed by atoms with Crippen molar-refractivity contribution in [3.63, 3.8) is 0 Å². The van der Waals surface area contributed by atoms with Crippen LogP contribution in [-0.4, -0.2) is 38.1 Å². The van der Waals surface area contributed by atoms with Crippen LogP contribution in [0, 0.1) is 5.41 Å². The molecule has 0 aliphatic rings. The fraction of sp³-hybridized carbons (Fsp3) is 1.00. The highest BCUT2D eigenvalue weighted by Gasteiger charge is 2.24. The van der Waals surface area contributed by atoms with E-state index in [4.69, 9.17) is 0 Å². The van der Waals surface area contributed by atoms with E-state index in [1.165, 1.54) is 51.7 Å². The van der Waals surface area contributed by atoms with Crippen molar-refractivity contribution in [3.8, 4) is 0 Å². The predicted octanol–water partition coefficient (Wildman–Crippen LogP) is 3.52. The van der Waals surface area contributed by atoms with Crippen molar-refractivity contribution in [1.82, 2.24) is 10.2 Å². The molecule has 0 fully saturated rings. The molecule has 0 rings (SSSR count). The van der Waals surface area contributed by atoms with Gasteiger partial charge in [-0.1, -0.05) is 40.5 Å². The Balaban J connectivity index is 4.25. The molecule has 1 N–H and O–H groups in total. The van der Waals surface area contributed by atoms with Gasteiger partial charge in [0.2, 0.25) is 0 Å². The standard InChI is InChI=1S/C15H34N2/c1-6-9-11-17(12-10-7-2)14-15(4,8-3)13-16-5/h16H,6-14H2,1-5H3. The zero-order valence-electron chi connectivity index (χ0n) is 12.8. The molecule has 0 saturated heterocycles. The summed E-state index contributed by atoms with van der Waals surface area (Å²) in [7, 11) is 2.07. The average Bonchev–Trinajstić information content (AvgIpc) is 2.33. The second-order valence-electron chi connectivity index (χ2n) is 5.68. The Morgan fingerprint density at radius 2 is 1.53 bits per heavy atom. The second-order valence-corrected chi connectivity index (χ2v) is 5.68. The van der Waals surface area contributed by atoms with Crippen molar-refractivity contribution in [2.45, 2.75) is 59.8 Å². The van der Waals surface area contributed by atoms with Crippen LogP contribution in [0.2, 0.25) is 0 Å². The molecule has 0 heterocycles. The fourth-order valence-electron chi connectivity index (χ4n) is 2.29. The van der Waals surface area contributed by atoms with E-state index in [-0.39, 0.29) is 0 Å². The maximum absolute atomic E-state index is 3.35. The van der Waals surface area contributed by atoms with Gasteiger partial charge in [-0.15, -0.1) is 0 Å². The highest BCUT2D eigenvalue weighted by atomic mass is 15.1. The molecule has 17 heavy (non-hydrogen) atoms. The van der Waals surface area contributed by atoms with E-state index in [1.54, 1.807) is 0 Å². The monoisotopic (exact) mass is 242 g/mol. The quantitative estimate of drug-likeness (QED) is 0.596. The van der Waals surface area contributed by atoms with Gasteiger partial charge in [0.05, 0.1) is 0 Å². The summed E-state index contributed by atoms with van der Waals surface area (Å²) < 4.78 is 0. The smallest absolute Gasteiger partial charge is 0.00474 e. The minimum atomic E-state index is 0.427. The van der Waals surface area contributed by atoms with Crippen molar-refractivity contribution in [1.29, 1.82) is 0 Å². The molecular weight excluding hydrogens is 208 g/mol. The van der Waals surface area contributed by atoms with Gasteiger partial charge < -0.3 is 10.2 Å². The average molecular weight is 242 g/mol. The van der Waals surface area contributed by atoms with Crippen LogP contribution in [0.4, 0.5) is 0 Å². The van der Waals surface area contributed by atoms with Gasteiger partial charge in [0.1, 0.15) is 0 Å². The summed E-state index contributed by atoms with van der Waals surface area (Å²) in [6.45, 7) is 14.2. The van der Waals surface area contributed by atoms with Crippen LogP contribution in [0.1, 0.15) is 59.8 Å². The second kappa shape index (κ2) is 9.90. The zero-order chi connectivity index (χ0) is 13.1. The molecule has 0 aromatic heterocycles. The number of nitrogens with zero attached hydrogens (tertiary/aromatic N) is 1. The minimum absolute atomic E-state index is 0.427. The summed E-state index contributed by atoms with van der Waals surface area (Å²) >= 11 is 0. The van der Waals surface area contributed by atoms with Crippen LogP contribution in [0.15, 0.2) is 0 Å². The van der Waals surface area contributed by atoms with Crippen molar-refractivity contribution in [3.05, 3.63) is 0 Å². The number of hydrogen-bond acceptors (Lipinski definition) is 2. The highest BCUT2D eigenvalue weighted by Crippen LogP contribution is 2.22. The van der Waals surface area contributed by atoms with E-state index in [1.807, 2.05) is 0 Å². The number of nitrogens with one attached hydrogen (secondary N) is 1. The molecule has 104 valence electrons. The van der Waals surface area contributed by atoms with Crippen molar-refractivity contribution >= 4 is 0 Å². The molecule has 0 saturated carbocycles. The van der Waals surface area contributed by atoms with Gasteiger partial charge in [-0.25, -0.2) is 0 Å². The van der Waals surface area contributed by atoms with Gasteiger partial charge in [-0.05, 0) is 44.8 Å². The first-order chi connectivity index (χ1) is 8.11. The highest BCUT2D eigenvalue weighted by molar-refractivity contribution is 4.79. The lowest BCUT2D eigenvalue weighted by atomic mass is 9.86. The lowest BCUT2D eigenvalue weighted by Gasteiger charge is -2.35. The van der Waals surface area contributed by atoms with Crippen LogP contribution in [0.5, 0.6) is 0 Å². The number of hydrogen-bond donors (Lipinski definition) is 1. The molecule has 0 aromatic carbocycles. The van der Waals surface area contributed by atoms with Gasteiger partial charge in [0.15, 0.2) is 0 Å². The first-order valence-corrected chi connectivity index (χ1v) is 7.48. The SMILES string of the molecule is CCCCN(CCCC)CC(C)(CC)CNC. The maximum atomic E-state index is 3.35. The molecule has 0 amide bonds. The molecule has 0 aliphatic carbocycles. The van der Waals surface area contributed by atoms with Crippen LogP contribution >= 0.6 is 0 Å². The molecular formula is C15H34N2. The lowest BCUT2D eigenvalue weighted by molar-refractivity contribution is 0.153. The molecule has 0 aliphatic heterocycles. The van der Waals surface area contributed by atoms with Crippen LogP contribution in [0.3, 0.4) is 0 Å². The van der Waals surface area contributed by atoms with E-state index >= 15 is 0 Å². The summed E-state index contributed by atoms with van der Waals surface area (Å²) in [6, 6.07) is 0. The van der Waals surface area contributed by atoms with Gasteiger partial charge >= 0.3 is 0 Å². The van der Waals surface area contributed by atoms with Gasteiger partial charge in [-0.3, -0.25) is 0 Å². The molecule has 1 atom stereocenters. The number of rotatable bonds is 11. The van der Waals surface area contributed by atoms with Crippen molar-refractivity contribution in [2.24, 2.45) is 5.41 Å². The molecule has 1 unspecified atom stereocenters. The minimum Gasteiger partial charge on any atom is -0.319 e. The van der Waals surface area contributed by atoms with Crippen molar-refractivity contribution in [2.75, 3.05) is 33.2 Å². The third-order valence-electron chi connectivity index (χ3n) is 3.72. The van der Waals surface area contributed by atoms with Crippen LogP contribution in [0.25, 0.3) is 0 Å². The summed E-state index contributed by atoms with van der Waals surface area (Å²) in [6.07, 6.45) is 6.53. The Morgan fingerprint density at radius 1 is 1.00 bits per heavy atom. The van der Waals surface area contributed by atoms with Gasteiger partial charge in [0, 0.05) is 13.1 Å². The lowest BCUT2D eigenvalue weighted by Crippen LogP contribution is -2.42. The van der Waals surface area contributed by atoms with Gasteiger partial charge in [-0.2, -0.15) is 0 Å². The van der Waals surface area contributed by atoms with Crippen LogP contribution in [-0.2, 0) is 0 Å². The summed E-state index contributed by atoms with van der Waals surface area (Å²) in [4.78, 5) is 2.67. The van der Waals surface area contributed by atoms with E-state index in [2.05, 4.69) is 45.0 Å². The summed E-state index contributed by atoms with van der Waals surface area (Å²) in [5.41, 5.74) is 0.427. The Bertz CT molecular complexity index is 162. The van der Waals surface area contributed by atoms with E-state index in [9.17, 15) is 0 Å². The summed E-state index contributed by atoms with van der Waals surface area (Å²) in [5, 5.41) is 3.35. The van der Waals surface area contributed by atoms with E-state index < -0.39 is 0 Å². The molecule has 0 spiro atoms. The first kappa shape index (κ1) is 16.9. The Labute approximate surface area is 109 Å². The third kappa shape index (κ3) is 7.77. The van der Waals surface area contributed by atoms with Crippen LogP contribution < -0.4 is 5.32 Å². The van der Waals surface area contributed by atoms with E-state index in [0.29, 0.717) is 5.41 Å². The largest absolute Gasteiger partial charge is 0.319 e. The first-order valence-electron chi connectivity index (χ1n) is 7.48. The van der Waals surface area contributed by atoms with E-state index in [0.717, 1.165) is 6.54 Å².